The summed E-state index contributed by atoms with van der Waals surface area (Å²) in [6, 6.07) is 4.05. The number of methoxy groups -OCH3 is 2. The van der Waals surface area contributed by atoms with Gasteiger partial charge in [0.1, 0.15) is 23.4 Å². The number of hydrogen-bond donors (Lipinski definition) is 1. The molecule has 19 heavy (non-hydrogen) atoms. The van der Waals surface area contributed by atoms with Crippen LogP contribution in [0, 0.1) is 0 Å². The summed E-state index contributed by atoms with van der Waals surface area (Å²) in [6.07, 6.45) is 2.21. The molecule has 1 aliphatic heterocycles. The zero-order valence-electron chi connectivity index (χ0n) is 12.2. The van der Waals surface area contributed by atoms with Crippen molar-refractivity contribution in [1.29, 1.82) is 0 Å². The molecule has 1 N–H and O–H groups in total. The molecular formula is C15H23NO3. The van der Waals surface area contributed by atoms with E-state index in [1.165, 1.54) is 0 Å². The summed E-state index contributed by atoms with van der Waals surface area (Å²) in [5, 5.41) is 3.55. The van der Waals surface area contributed by atoms with Gasteiger partial charge >= 0.3 is 0 Å². The predicted octanol–water partition coefficient (Wildman–Crippen LogP) is 2.92. The van der Waals surface area contributed by atoms with Crippen molar-refractivity contribution in [2.45, 2.75) is 38.8 Å². The molecule has 0 aliphatic carbocycles. The Bertz CT molecular complexity index is 434. The van der Waals surface area contributed by atoms with E-state index < -0.39 is 0 Å². The van der Waals surface area contributed by atoms with Crippen LogP contribution in [0.2, 0.25) is 0 Å². The lowest BCUT2D eigenvalue weighted by molar-refractivity contribution is 0.184. The first kappa shape index (κ1) is 14.0. The number of benzene rings is 1. The van der Waals surface area contributed by atoms with Gasteiger partial charge < -0.3 is 19.5 Å². The van der Waals surface area contributed by atoms with E-state index in [1.54, 1.807) is 14.2 Å². The molecule has 2 rings (SSSR count). The van der Waals surface area contributed by atoms with Crippen molar-refractivity contribution >= 4 is 0 Å². The average molecular weight is 265 g/mol. The third-order valence-corrected chi connectivity index (χ3v) is 3.51. The van der Waals surface area contributed by atoms with E-state index in [2.05, 4.69) is 19.2 Å². The molecule has 106 valence electrons. The van der Waals surface area contributed by atoms with Gasteiger partial charge in [-0.25, -0.2) is 0 Å². The van der Waals surface area contributed by atoms with Crippen LogP contribution in [0.4, 0.5) is 0 Å². The van der Waals surface area contributed by atoms with Crippen LogP contribution in [-0.4, -0.2) is 26.9 Å². The second-order valence-corrected chi connectivity index (χ2v) is 4.74. The van der Waals surface area contributed by atoms with Crippen molar-refractivity contribution in [1.82, 2.24) is 5.32 Å². The van der Waals surface area contributed by atoms with E-state index in [1.807, 2.05) is 12.1 Å². The van der Waals surface area contributed by atoms with Crippen molar-refractivity contribution < 1.29 is 14.2 Å². The van der Waals surface area contributed by atoms with E-state index in [4.69, 9.17) is 14.2 Å². The Morgan fingerprint density at radius 3 is 2.58 bits per heavy atom. The number of hydrogen-bond acceptors (Lipinski definition) is 4. The van der Waals surface area contributed by atoms with Gasteiger partial charge in [-0.05, 0) is 19.4 Å². The van der Waals surface area contributed by atoms with Crippen molar-refractivity contribution in [3.63, 3.8) is 0 Å². The fraction of sp³-hybridized carbons (Fsp3) is 0.600. The van der Waals surface area contributed by atoms with Crippen LogP contribution in [0.25, 0.3) is 0 Å². The molecule has 0 bridgehead atoms. The molecule has 0 saturated carbocycles. The van der Waals surface area contributed by atoms with Gasteiger partial charge in [0.15, 0.2) is 0 Å². The van der Waals surface area contributed by atoms with Gasteiger partial charge in [-0.15, -0.1) is 0 Å². The van der Waals surface area contributed by atoms with Crippen LogP contribution < -0.4 is 19.5 Å². The maximum Gasteiger partial charge on any atom is 0.132 e. The third kappa shape index (κ3) is 2.63. The summed E-state index contributed by atoms with van der Waals surface area (Å²) in [4.78, 5) is 0. The van der Waals surface area contributed by atoms with Gasteiger partial charge in [0, 0.05) is 12.1 Å². The van der Waals surface area contributed by atoms with E-state index >= 15 is 0 Å². The number of rotatable bonds is 6. The molecule has 4 heteroatoms. The van der Waals surface area contributed by atoms with E-state index in [0.29, 0.717) is 0 Å². The molecule has 0 radical (unpaired) electrons. The molecular weight excluding hydrogens is 242 g/mol. The SMILES string of the molecule is CCCNC1c2c(OC)cc(OC)cc2OC1CC. The van der Waals surface area contributed by atoms with Gasteiger partial charge in [0.05, 0.1) is 25.8 Å². The molecule has 1 heterocycles. The van der Waals surface area contributed by atoms with Crippen molar-refractivity contribution in [3.05, 3.63) is 17.7 Å². The number of ether oxygens (including phenoxy) is 3. The summed E-state index contributed by atoms with van der Waals surface area (Å²) in [5.74, 6) is 2.47. The lowest BCUT2D eigenvalue weighted by atomic mass is 10.0. The Balaban J connectivity index is 2.38. The summed E-state index contributed by atoms with van der Waals surface area (Å²) < 4.78 is 16.8. The molecule has 4 nitrogen and oxygen atoms in total. The van der Waals surface area contributed by atoms with Gasteiger partial charge in [0.25, 0.3) is 0 Å². The van der Waals surface area contributed by atoms with Crippen LogP contribution in [-0.2, 0) is 0 Å². The maximum atomic E-state index is 6.03. The number of nitrogens with one attached hydrogen (secondary N) is 1. The summed E-state index contributed by atoms with van der Waals surface area (Å²) in [5.41, 5.74) is 1.11. The van der Waals surface area contributed by atoms with E-state index in [9.17, 15) is 0 Å². The Morgan fingerprint density at radius 1 is 1.21 bits per heavy atom. The zero-order valence-corrected chi connectivity index (χ0v) is 12.2. The molecule has 0 spiro atoms. The lowest BCUT2D eigenvalue weighted by Crippen LogP contribution is -2.31. The monoisotopic (exact) mass is 265 g/mol. The Hall–Kier alpha value is -1.42. The second-order valence-electron chi connectivity index (χ2n) is 4.74. The fourth-order valence-corrected chi connectivity index (χ4v) is 2.54. The highest BCUT2D eigenvalue weighted by Crippen LogP contribution is 2.45. The zero-order chi connectivity index (χ0) is 13.8. The van der Waals surface area contributed by atoms with Crippen LogP contribution >= 0.6 is 0 Å². The quantitative estimate of drug-likeness (QED) is 0.858. The number of fused-ring (bicyclic) bond motifs is 1. The van der Waals surface area contributed by atoms with Crippen LogP contribution in [0.1, 0.15) is 38.3 Å². The normalized spacial score (nSPS) is 20.8. The largest absolute Gasteiger partial charge is 0.496 e. The Kier molecular flexibility index (Phi) is 4.53. The molecule has 0 amide bonds. The van der Waals surface area contributed by atoms with Gasteiger partial charge in [-0.2, -0.15) is 0 Å². The highest BCUT2D eigenvalue weighted by molar-refractivity contribution is 5.55. The second kappa shape index (κ2) is 6.15. The van der Waals surface area contributed by atoms with Crippen LogP contribution in [0.5, 0.6) is 17.2 Å². The summed E-state index contributed by atoms with van der Waals surface area (Å²) in [6.45, 7) is 5.27. The van der Waals surface area contributed by atoms with Crippen LogP contribution in [0.3, 0.4) is 0 Å². The maximum absolute atomic E-state index is 6.03. The van der Waals surface area contributed by atoms with Crippen molar-refractivity contribution in [2.24, 2.45) is 0 Å². The minimum absolute atomic E-state index is 0.155. The summed E-state index contributed by atoms with van der Waals surface area (Å²) in [7, 11) is 3.34. The Morgan fingerprint density at radius 2 is 2.00 bits per heavy atom. The van der Waals surface area contributed by atoms with Gasteiger partial charge in [0.2, 0.25) is 0 Å². The standard InChI is InChI=1S/C15H23NO3/c1-5-7-16-15-11(6-2)19-13-9-10(17-3)8-12(18-4)14(13)15/h8-9,11,15-16H,5-7H2,1-4H3. The fourth-order valence-electron chi connectivity index (χ4n) is 2.54. The molecule has 1 aliphatic rings. The minimum Gasteiger partial charge on any atom is -0.496 e. The van der Waals surface area contributed by atoms with Gasteiger partial charge in [-0.3, -0.25) is 0 Å². The first-order chi connectivity index (χ1) is 9.24. The molecule has 1 aromatic rings. The minimum atomic E-state index is 0.155. The van der Waals surface area contributed by atoms with Crippen molar-refractivity contribution in [2.75, 3.05) is 20.8 Å². The molecule has 2 atom stereocenters. The van der Waals surface area contributed by atoms with E-state index in [0.717, 1.165) is 42.2 Å². The molecule has 0 fully saturated rings. The third-order valence-electron chi connectivity index (χ3n) is 3.51. The summed E-state index contributed by atoms with van der Waals surface area (Å²) >= 11 is 0. The first-order valence-electron chi connectivity index (χ1n) is 6.91. The lowest BCUT2D eigenvalue weighted by Gasteiger charge is -2.19. The molecule has 0 aromatic heterocycles. The molecule has 0 saturated heterocycles. The molecule has 1 aromatic carbocycles. The highest BCUT2D eigenvalue weighted by Gasteiger charge is 2.36. The van der Waals surface area contributed by atoms with Crippen LogP contribution in [0.15, 0.2) is 12.1 Å². The van der Waals surface area contributed by atoms with Gasteiger partial charge in [-0.1, -0.05) is 13.8 Å². The topological polar surface area (TPSA) is 39.7 Å². The first-order valence-corrected chi connectivity index (χ1v) is 6.91. The molecule has 2 unspecified atom stereocenters. The Labute approximate surface area is 115 Å². The average Bonchev–Trinajstić information content (AvgIpc) is 2.81. The highest BCUT2D eigenvalue weighted by atomic mass is 16.5. The smallest absolute Gasteiger partial charge is 0.132 e. The van der Waals surface area contributed by atoms with Crippen molar-refractivity contribution in [3.8, 4) is 17.2 Å². The predicted molar refractivity (Wildman–Crippen MR) is 75.3 cm³/mol. The van der Waals surface area contributed by atoms with E-state index in [-0.39, 0.29) is 12.1 Å².